The molecule has 0 heterocycles. The van der Waals surface area contributed by atoms with Crippen LogP contribution in [-0.2, 0) is 10.9 Å². The quantitative estimate of drug-likeness (QED) is 0.220. The molecule has 0 N–H and O–H groups in total. The Morgan fingerprint density at radius 2 is 1.80 bits per heavy atom. The SMILES string of the molecule is [B]S(=O)[O-].[Li+]. The van der Waals surface area contributed by atoms with E-state index in [0.717, 1.165) is 0 Å². The normalized spacial score (nSPS) is 12.2. The van der Waals surface area contributed by atoms with Crippen LogP contribution in [0.2, 0.25) is 0 Å². The molecule has 2 nitrogen and oxygen atoms in total. The van der Waals surface area contributed by atoms with Crippen molar-refractivity contribution >= 4 is 18.1 Å². The van der Waals surface area contributed by atoms with E-state index in [1.807, 2.05) is 0 Å². The molecule has 0 aliphatic rings. The molecular formula is BLiO2S. The first-order valence-electron chi connectivity index (χ1n) is 0.569. The molecule has 0 aromatic heterocycles. The zero-order valence-electron chi connectivity index (χ0n) is 2.80. The Labute approximate surface area is 46.1 Å². The first kappa shape index (κ1) is 9.24. The molecule has 0 aliphatic carbocycles. The standard InChI is InChI=1S/BHO2S.Li/c1-4(2)3;/h(H,2,3);/q;+1/p-1. The molecule has 0 bridgehead atoms. The molecular weight excluding hydrogens is 81.8 g/mol. The Balaban J connectivity index is 0. The molecule has 0 saturated carbocycles. The summed E-state index contributed by atoms with van der Waals surface area (Å²) in [5, 5.41) is 0. The van der Waals surface area contributed by atoms with Gasteiger partial charge >= 0.3 is 18.9 Å². The Morgan fingerprint density at radius 3 is 1.80 bits per heavy atom. The summed E-state index contributed by atoms with van der Waals surface area (Å²) >= 11 is 0. The molecule has 0 rings (SSSR count). The molecule has 0 aromatic rings. The van der Waals surface area contributed by atoms with Crippen LogP contribution >= 0.6 is 0 Å². The second kappa shape index (κ2) is 4.77. The van der Waals surface area contributed by atoms with Gasteiger partial charge in [-0.05, 0) is 0 Å². The summed E-state index contributed by atoms with van der Waals surface area (Å²) in [5.41, 5.74) is 0. The van der Waals surface area contributed by atoms with Crippen molar-refractivity contribution in [1.82, 2.24) is 0 Å². The number of hydrogen-bond donors (Lipinski definition) is 0. The average molecular weight is 81.8 g/mol. The van der Waals surface area contributed by atoms with Crippen LogP contribution in [-0.4, -0.2) is 15.9 Å². The van der Waals surface area contributed by atoms with Crippen molar-refractivity contribution in [2.45, 2.75) is 0 Å². The van der Waals surface area contributed by atoms with E-state index in [0.29, 0.717) is 0 Å². The van der Waals surface area contributed by atoms with Crippen molar-refractivity contribution in [3.8, 4) is 0 Å². The van der Waals surface area contributed by atoms with E-state index in [2.05, 4.69) is 7.12 Å². The molecule has 0 aromatic carbocycles. The largest absolute Gasteiger partial charge is 1.00 e. The third-order valence-corrected chi connectivity index (χ3v) is 0. The van der Waals surface area contributed by atoms with Gasteiger partial charge in [0.15, 0.2) is 7.12 Å². The Kier molecular flexibility index (Phi) is 8.82. The Morgan fingerprint density at radius 1 is 1.80 bits per heavy atom. The molecule has 1 unspecified atom stereocenters. The topological polar surface area (TPSA) is 40.1 Å². The van der Waals surface area contributed by atoms with Gasteiger partial charge in [0, 0.05) is 0 Å². The van der Waals surface area contributed by atoms with E-state index < -0.39 is 10.9 Å². The maximum Gasteiger partial charge on any atom is 1.00 e. The zero-order valence-corrected chi connectivity index (χ0v) is 3.62. The number of rotatable bonds is 0. The van der Waals surface area contributed by atoms with Crippen LogP contribution in [0.25, 0.3) is 0 Å². The van der Waals surface area contributed by atoms with Crippen molar-refractivity contribution < 1.29 is 27.6 Å². The van der Waals surface area contributed by atoms with Gasteiger partial charge in [0.2, 0.25) is 0 Å². The fourth-order valence-corrected chi connectivity index (χ4v) is 0. The van der Waals surface area contributed by atoms with Gasteiger partial charge in [0.1, 0.15) is 0 Å². The van der Waals surface area contributed by atoms with E-state index in [1.54, 1.807) is 0 Å². The number of hydrogen-bond acceptors (Lipinski definition) is 2. The van der Waals surface area contributed by atoms with Crippen LogP contribution in [0.1, 0.15) is 0 Å². The van der Waals surface area contributed by atoms with Crippen molar-refractivity contribution in [1.29, 1.82) is 0 Å². The summed E-state index contributed by atoms with van der Waals surface area (Å²) < 4.78 is 17.6. The molecule has 0 saturated heterocycles. The molecule has 0 spiro atoms. The summed E-state index contributed by atoms with van der Waals surface area (Å²) in [6, 6.07) is 0. The van der Waals surface area contributed by atoms with Crippen LogP contribution in [0.15, 0.2) is 0 Å². The molecule has 5 heavy (non-hydrogen) atoms. The predicted molar refractivity (Wildman–Crippen MR) is 14.7 cm³/mol. The summed E-state index contributed by atoms with van der Waals surface area (Å²) in [4.78, 5) is 0. The van der Waals surface area contributed by atoms with Gasteiger partial charge in [0.25, 0.3) is 0 Å². The van der Waals surface area contributed by atoms with E-state index in [1.165, 1.54) is 0 Å². The molecule has 0 fully saturated rings. The van der Waals surface area contributed by atoms with Crippen molar-refractivity contribution in [2.75, 3.05) is 0 Å². The first-order valence-corrected chi connectivity index (χ1v) is 1.71. The van der Waals surface area contributed by atoms with Gasteiger partial charge in [-0.3, -0.25) is 4.21 Å². The Hall–Kier alpha value is 0.772. The van der Waals surface area contributed by atoms with Crippen molar-refractivity contribution in [3.63, 3.8) is 0 Å². The second-order valence-corrected chi connectivity index (χ2v) is 0.781. The van der Waals surface area contributed by atoms with Crippen molar-refractivity contribution in [2.24, 2.45) is 0 Å². The van der Waals surface area contributed by atoms with Crippen LogP contribution < -0.4 is 18.9 Å². The van der Waals surface area contributed by atoms with Gasteiger partial charge in [0.05, 0.1) is 0 Å². The molecule has 0 aliphatic heterocycles. The minimum absolute atomic E-state index is 0. The fraction of sp³-hybridized carbons (Fsp3) is 0. The van der Waals surface area contributed by atoms with Crippen LogP contribution in [0.4, 0.5) is 0 Å². The summed E-state index contributed by atoms with van der Waals surface area (Å²) in [7, 11) is 1.67. The van der Waals surface area contributed by atoms with Gasteiger partial charge < -0.3 is 4.55 Å². The molecule has 5 heteroatoms. The predicted octanol–water partition coefficient (Wildman–Crippen LogP) is -4.05. The first-order chi connectivity index (χ1) is 1.73. The third-order valence-electron chi connectivity index (χ3n) is 0. The van der Waals surface area contributed by atoms with Crippen LogP contribution in [0, 0.1) is 0 Å². The van der Waals surface area contributed by atoms with Crippen molar-refractivity contribution in [3.05, 3.63) is 0 Å². The smallest absolute Gasteiger partial charge is 0.782 e. The minimum Gasteiger partial charge on any atom is -0.782 e. The molecule has 2 radical (unpaired) electrons. The zero-order chi connectivity index (χ0) is 3.58. The van der Waals surface area contributed by atoms with E-state index >= 15 is 0 Å². The molecule has 0 amide bonds. The summed E-state index contributed by atoms with van der Waals surface area (Å²) in [5.74, 6) is 0. The molecule has 22 valence electrons. The maximum atomic E-state index is 8.78. The van der Waals surface area contributed by atoms with Crippen LogP contribution in [0.5, 0.6) is 0 Å². The maximum absolute atomic E-state index is 8.78. The fourth-order valence-electron chi connectivity index (χ4n) is 0. The van der Waals surface area contributed by atoms with E-state index in [4.69, 9.17) is 8.76 Å². The summed E-state index contributed by atoms with van der Waals surface area (Å²) in [6.07, 6.45) is 0. The third kappa shape index (κ3) is 61.5. The monoisotopic (exact) mass is 82.0 g/mol. The van der Waals surface area contributed by atoms with E-state index in [9.17, 15) is 0 Å². The van der Waals surface area contributed by atoms with Gasteiger partial charge in [-0.1, -0.05) is 0 Å². The minimum atomic E-state index is -2.36. The Bertz CT molecular complexity index is 32.6. The summed E-state index contributed by atoms with van der Waals surface area (Å²) in [6.45, 7) is 0. The second-order valence-electron chi connectivity index (χ2n) is 0.260. The van der Waals surface area contributed by atoms with Crippen LogP contribution in [0.3, 0.4) is 0 Å². The van der Waals surface area contributed by atoms with Gasteiger partial charge in [-0.25, -0.2) is 0 Å². The van der Waals surface area contributed by atoms with Gasteiger partial charge in [-0.15, -0.1) is 10.9 Å². The van der Waals surface area contributed by atoms with Gasteiger partial charge in [-0.2, -0.15) is 0 Å². The average Bonchev–Trinajstić information content (AvgIpc) is 0.811. The molecule has 1 atom stereocenters. The van der Waals surface area contributed by atoms with E-state index in [-0.39, 0.29) is 18.9 Å².